The Morgan fingerprint density at radius 3 is 2.67 bits per heavy atom. The average molecular weight is 420 g/mol. The van der Waals surface area contributed by atoms with Gasteiger partial charge >= 0.3 is 0 Å². The fraction of sp³-hybridized carbons (Fsp3) is 0.385. The maximum atomic E-state index is 5.75. The first-order valence-electron chi connectivity index (χ1n) is 6.33. The molecule has 0 aliphatic rings. The van der Waals surface area contributed by atoms with E-state index in [2.05, 4.69) is 47.5 Å². The van der Waals surface area contributed by atoms with Gasteiger partial charge in [-0.1, -0.05) is 5.21 Å². The molecule has 0 fully saturated rings. The van der Waals surface area contributed by atoms with Gasteiger partial charge in [0.05, 0.1) is 28.3 Å². The van der Waals surface area contributed by atoms with E-state index in [0.717, 1.165) is 26.1 Å². The van der Waals surface area contributed by atoms with Gasteiger partial charge in [-0.2, -0.15) is 0 Å². The summed E-state index contributed by atoms with van der Waals surface area (Å²) in [5.41, 5.74) is 0.908. The van der Waals surface area contributed by atoms with E-state index in [0.29, 0.717) is 19.7 Å². The van der Waals surface area contributed by atoms with E-state index in [-0.39, 0.29) is 0 Å². The zero-order valence-corrected chi connectivity index (χ0v) is 14.9. The molecule has 0 bridgehead atoms. The molecule has 2 aromatic rings. The van der Waals surface area contributed by atoms with Crippen LogP contribution in [0.4, 0.5) is 0 Å². The van der Waals surface area contributed by atoms with Crippen molar-refractivity contribution in [1.82, 2.24) is 20.3 Å². The summed E-state index contributed by atoms with van der Waals surface area (Å²) in [6.07, 6.45) is 1.90. The molecule has 0 saturated heterocycles. The van der Waals surface area contributed by atoms with Gasteiger partial charge in [0.2, 0.25) is 0 Å². The van der Waals surface area contributed by atoms with Crippen molar-refractivity contribution in [3.8, 4) is 11.5 Å². The molecule has 0 aliphatic carbocycles. The second-order valence-electron chi connectivity index (χ2n) is 4.27. The fourth-order valence-electron chi connectivity index (χ4n) is 1.74. The number of hydrogen-bond donors (Lipinski definition) is 1. The zero-order valence-electron chi connectivity index (χ0n) is 11.8. The number of ether oxygens (including phenoxy) is 2. The van der Waals surface area contributed by atoms with Crippen LogP contribution in [-0.4, -0.2) is 35.8 Å². The van der Waals surface area contributed by atoms with Gasteiger partial charge in [-0.05, 0) is 51.0 Å². The Morgan fingerprint density at radius 2 is 1.95 bits per heavy atom. The summed E-state index contributed by atoms with van der Waals surface area (Å²) in [5.74, 6) is 1.50. The van der Waals surface area contributed by atoms with Crippen LogP contribution < -0.4 is 14.8 Å². The van der Waals surface area contributed by atoms with E-state index in [9.17, 15) is 0 Å². The Labute approximate surface area is 140 Å². The number of rotatable bonds is 7. The molecule has 6 nitrogen and oxygen atoms in total. The van der Waals surface area contributed by atoms with Crippen molar-refractivity contribution in [3.05, 3.63) is 33.0 Å². The van der Waals surface area contributed by atoms with E-state index < -0.39 is 0 Å². The Kier molecular flexibility index (Phi) is 6.01. The van der Waals surface area contributed by atoms with Gasteiger partial charge in [-0.15, -0.1) is 5.10 Å². The van der Waals surface area contributed by atoms with Gasteiger partial charge in [0.25, 0.3) is 0 Å². The quantitative estimate of drug-likeness (QED) is 0.747. The molecular formula is C13H16Br2N4O2. The summed E-state index contributed by atoms with van der Waals surface area (Å²) in [6, 6.07) is 3.73. The van der Waals surface area contributed by atoms with E-state index in [1.165, 1.54) is 0 Å². The summed E-state index contributed by atoms with van der Waals surface area (Å²) >= 11 is 6.90. The molecule has 114 valence electrons. The predicted molar refractivity (Wildman–Crippen MR) is 86.7 cm³/mol. The van der Waals surface area contributed by atoms with Gasteiger partial charge in [0, 0.05) is 12.7 Å². The number of methoxy groups -OCH3 is 1. The molecule has 0 spiro atoms. The van der Waals surface area contributed by atoms with Gasteiger partial charge in [-0.3, -0.25) is 0 Å². The number of benzene rings is 1. The monoisotopic (exact) mass is 418 g/mol. The maximum absolute atomic E-state index is 5.75. The number of aromatic nitrogens is 3. The molecule has 8 heteroatoms. The van der Waals surface area contributed by atoms with Gasteiger partial charge < -0.3 is 14.8 Å². The molecule has 21 heavy (non-hydrogen) atoms. The molecule has 1 aromatic carbocycles. The maximum Gasteiger partial charge on any atom is 0.134 e. The van der Waals surface area contributed by atoms with Crippen LogP contribution in [-0.2, 0) is 13.1 Å². The molecule has 0 aliphatic heterocycles. The number of hydrogen-bond acceptors (Lipinski definition) is 5. The smallest absolute Gasteiger partial charge is 0.134 e. The summed E-state index contributed by atoms with van der Waals surface area (Å²) in [7, 11) is 3.50. The van der Waals surface area contributed by atoms with Crippen molar-refractivity contribution < 1.29 is 9.47 Å². The lowest BCUT2D eigenvalue weighted by atomic mass is 10.3. The van der Waals surface area contributed by atoms with Crippen LogP contribution in [0.25, 0.3) is 0 Å². The molecule has 0 unspecified atom stereocenters. The first-order valence-corrected chi connectivity index (χ1v) is 7.92. The summed E-state index contributed by atoms with van der Waals surface area (Å²) in [6.45, 7) is 1.84. The molecule has 1 aromatic heterocycles. The normalized spacial score (nSPS) is 10.7. The summed E-state index contributed by atoms with van der Waals surface area (Å²) in [5, 5.41) is 11.1. The van der Waals surface area contributed by atoms with Crippen LogP contribution in [0, 0.1) is 0 Å². The third-order valence-corrected chi connectivity index (χ3v) is 3.97. The molecule has 0 radical (unpaired) electrons. The van der Waals surface area contributed by atoms with Gasteiger partial charge in [-0.25, -0.2) is 4.68 Å². The first kappa shape index (κ1) is 16.3. The lowest BCUT2D eigenvalue weighted by molar-refractivity contribution is 0.287. The lowest BCUT2D eigenvalue weighted by Gasteiger charge is -2.11. The van der Waals surface area contributed by atoms with E-state index >= 15 is 0 Å². The van der Waals surface area contributed by atoms with E-state index in [1.54, 1.807) is 11.8 Å². The SMILES string of the molecule is CNCc1cn(CCOc2cc(Br)c(OC)cc2Br)nn1. The van der Waals surface area contributed by atoms with Crippen molar-refractivity contribution in [2.75, 3.05) is 20.8 Å². The summed E-state index contributed by atoms with van der Waals surface area (Å²) < 4.78 is 14.4. The highest BCUT2D eigenvalue weighted by molar-refractivity contribution is 9.11. The zero-order chi connectivity index (χ0) is 15.2. The van der Waals surface area contributed by atoms with Gasteiger partial charge in [0.15, 0.2) is 0 Å². The second kappa shape index (κ2) is 7.77. The van der Waals surface area contributed by atoms with Crippen molar-refractivity contribution in [3.63, 3.8) is 0 Å². The Bertz CT molecular complexity index is 604. The Morgan fingerprint density at radius 1 is 1.24 bits per heavy atom. The fourth-order valence-corrected chi connectivity index (χ4v) is 2.66. The third kappa shape index (κ3) is 4.42. The van der Waals surface area contributed by atoms with Crippen molar-refractivity contribution in [2.24, 2.45) is 0 Å². The standard InChI is InChI=1S/C13H16Br2N4O2/c1-16-7-9-8-19(18-17-9)3-4-21-13-6-10(14)12(20-2)5-11(13)15/h5-6,8,16H,3-4,7H2,1-2H3. The Hall–Kier alpha value is -1.12. The van der Waals surface area contributed by atoms with Crippen molar-refractivity contribution in [1.29, 1.82) is 0 Å². The Balaban J connectivity index is 1.92. The number of halogens is 2. The van der Waals surface area contributed by atoms with Crippen LogP contribution in [0.1, 0.15) is 5.69 Å². The molecule has 1 heterocycles. The largest absolute Gasteiger partial charge is 0.496 e. The van der Waals surface area contributed by atoms with Gasteiger partial charge in [0.1, 0.15) is 18.1 Å². The van der Waals surface area contributed by atoms with Crippen LogP contribution in [0.3, 0.4) is 0 Å². The third-order valence-electron chi connectivity index (χ3n) is 2.73. The van der Waals surface area contributed by atoms with E-state index in [4.69, 9.17) is 9.47 Å². The number of nitrogens with one attached hydrogen (secondary N) is 1. The predicted octanol–water partition coefficient (Wildman–Crippen LogP) is 2.61. The highest BCUT2D eigenvalue weighted by Crippen LogP contribution is 2.35. The molecule has 2 rings (SSSR count). The van der Waals surface area contributed by atoms with Crippen LogP contribution in [0.5, 0.6) is 11.5 Å². The van der Waals surface area contributed by atoms with E-state index in [1.807, 2.05) is 25.4 Å². The minimum Gasteiger partial charge on any atom is -0.496 e. The average Bonchev–Trinajstić information content (AvgIpc) is 2.90. The van der Waals surface area contributed by atoms with Crippen LogP contribution in [0.15, 0.2) is 27.3 Å². The van der Waals surface area contributed by atoms with Crippen molar-refractivity contribution in [2.45, 2.75) is 13.1 Å². The molecule has 1 N–H and O–H groups in total. The second-order valence-corrected chi connectivity index (χ2v) is 5.98. The molecular weight excluding hydrogens is 404 g/mol. The molecule has 0 amide bonds. The minimum absolute atomic E-state index is 0.500. The van der Waals surface area contributed by atoms with Crippen molar-refractivity contribution >= 4 is 31.9 Å². The van der Waals surface area contributed by atoms with Crippen LogP contribution >= 0.6 is 31.9 Å². The number of nitrogens with zero attached hydrogens (tertiary/aromatic N) is 3. The highest BCUT2D eigenvalue weighted by atomic mass is 79.9. The topological polar surface area (TPSA) is 61.2 Å². The minimum atomic E-state index is 0.500. The lowest BCUT2D eigenvalue weighted by Crippen LogP contribution is -2.09. The summed E-state index contributed by atoms with van der Waals surface area (Å²) in [4.78, 5) is 0. The molecule has 0 saturated carbocycles. The van der Waals surface area contributed by atoms with Crippen LogP contribution in [0.2, 0.25) is 0 Å². The molecule has 0 atom stereocenters. The first-order chi connectivity index (χ1) is 10.1. The highest BCUT2D eigenvalue weighted by Gasteiger charge is 2.08.